The van der Waals surface area contributed by atoms with Gasteiger partial charge in [-0.25, -0.2) is 0 Å². The first-order valence-electron chi connectivity index (χ1n) is 5.20. The lowest BCUT2D eigenvalue weighted by Gasteiger charge is -2.22. The van der Waals surface area contributed by atoms with Crippen molar-refractivity contribution < 1.29 is 5.11 Å². The summed E-state index contributed by atoms with van der Waals surface area (Å²) >= 11 is 11.7. The SMILES string of the molecule is CC(C)(CO)CNCc1ccc(Cl)c(Cl)c1. The minimum absolute atomic E-state index is 0.101. The first-order chi connectivity index (χ1) is 7.44. The third-order valence-electron chi connectivity index (χ3n) is 2.34. The summed E-state index contributed by atoms with van der Waals surface area (Å²) in [6.07, 6.45) is 0. The van der Waals surface area contributed by atoms with Crippen molar-refractivity contribution in [2.45, 2.75) is 20.4 Å². The van der Waals surface area contributed by atoms with Crippen molar-refractivity contribution in [2.24, 2.45) is 5.41 Å². The van der Waals surface area contributed by atoms with Crippen molar-refractivity contribution >= 4 is 23.2 Å². The van der Waals surface area contributed by atoms with E-state index >= 15 is 0 Å². The van der Waals surface area contributed by atoms with Crippen LogP contribution in [-0.4, -0.2) is 18.3 Å². The third kappa shape index (κ3) is 4.30. The highest BCUT2D eigenvalue weighted by molar-refractivity contribution is 6.42. The van der Waals surface area contributed by atoms with E-state index in [0.717, 1.165) is 18.7 Å². The van der Waals surface area contributed by atoms with Gasteiger partial charge in [0.05, 0.1) is 10.0 Å². The van der Waals surface area contributed by atoms with Crippen molar-refractivity contribution in [3.63, 3.8) is 0 Å². The summed E-state index contributed by atoms with van der Waals surface area (Å²) in [4.78, 5) is 0. The van der Waals surface area contributed by atoms with Crippen LogP contribution in [0.1, 0.15) is 19.4 Å². The number of hydrogen-bond donors (Lipinski definition) is 2. The molecule has 2 nitrogen and oxygen atoms in total. The molecule has 0 unspecified atom stereocenters. The molecule has 0 atom stereocenters. The fourth-order valence-electron chi connectivity index (χ4n) is 1.25. The molecular weight excluding hydrogens is 245 g/mol. The molecule has 2 N–H and O–H groups in total. The van der Waals surface area contributed by atoms with Crippen molar-refractivity contribution in [3.8, 4) is 0 Å². The summed E-state index contributed by atoms with van der Waals surface area (Å²) in [7, 11) is 0. The second kappa shape index (κ2) is 5.87. The predicted octanol–water partition coefficient (Wildman–Crippen LogP) is 3.10. The molecule has 1 rings (SSSR count). The van der Waals surface area contributed by atoms with Gasteiger partial charge >= 0.3 is 0 Å². The van der Waals surface area contributed by atoms with Gasteiger partial charge in [-0.3, -0.25) is 0 Å². The first-order valence-corrected chi connectivity index (χ1v) is 5.96. The highest BCUT2D eigenvalue weighted by Crippen LogP contribution is 2.22. The summed E-state index contributed by atoms with van der Waals surface area (Å²) in [6, 6.07) is 5.58. The number of aliphatic hydroxyl groups is 1. The van der Waals surface area contributed by atoms with Crippen LogP contribution in [0.4, 0.5) is 0 Å². The Bertz CT molecular complexity index is 353. The molecule has 0 amide bonds. The molecule has 0 radical (unpaired) electrons. The lowest BCUT2D eigenvalue weighted by molar-refractivity contribution is 0.156. The third-order valence-corrected chi connectivity index (χ3v) is 3.08. The van der Waals surface area contributed by atoms with Crippen molar-refractivity contribution in [2.75, 3.05) is 13.2 Å². The Balaban J connectivity index is 2.46. The fraction of sp³-hybridized carbons (Fsp3) is 0.500. The van der Waals surface area contributed by atoms with Crippen LogP contribution in [0, 0.1) is 5.41 Å². The summed E-state index contributed by atoms with van der Waals surface area (Å²) < 4.78 is 0. The van der Waals surface area contributed by atoms with Gasteiger partial charge in [0.2, 0.25) is 0 Å². The second-order valence-corrected chi connectivity index (χ2v) is 5.49. The number of nitrogens with one attached hydrogen (secondary N) is 1. The van der Waals surface area contributed by atoms with Crippen molar-refractivity contribution in [1.82, 2.24) is 5.32 Å². The van der Waals surface area contributed by atoms with E-state index in [0.29, 0.717) is 10.0 Å². The minimum Gasteiger partial charge on any atom is -0.396 e. The smallest absolute Gasteiger partial charge is 0.0595 e. The van der Waals surface area contributed by atoms with Crippen LogP contribution in [0.15, 0.2) is 18.2 Å². The van der Waals surface area contributed by atoms with Gasteiger partial charge < -0.3 is 10.4 Å². The molecule has 1 aromatic rings. The molecule has 0 saturated heterocycles. The van der Waals surface area contributed by atoms with E-state index in [-0.39, 0.29) is 12.0 Å². The normalized spacial score (nSPS) is 11.8. The van der Waals surface area contributed by atoms with Crippen molar-refractivity contribution in [1.29, 1.82) is 0 Å². The predicted molar refractivity (Wildman–Crippen MR) is 69.0 cm³/mol. The van der Waals surface area contributed by atoms with Crippen molar-refractivity contribution in [3.05, 3.63) is 33.8 Å². The summed E-state index contributed by atoms with van der Waals surface area (Å²) in [6.45, 7) is 5.66. The largest absolute Gasteiger partial charge is 0.396 e. The van der Waals surface area contributed by atoms with Crippen LogP contribution in [0.5, 0.6) is 0 Å². The Hall–Kier alpha value is -0.280. The molecule has 0 spiro atoms. The number of benzene rings is 1. The zero-order chi connectivity index (χ0) is 12.2. The minimum atomic E-state index is -0.101. The molecule has 0 fully saturated rings. The van der Waals surface area contributed by atoms with E-state index in [9.17, 15) is 0 Å². The van der Waals surface area contributed by atoms with Crippen LogP contribution >= 0.6 is 23.2 Å². The molecular formula is C12H17Cl2NO. The monoisotopic (exact) mass is 261 g/mol. The summed E-state index contributed by atoms with van der Waals surface area (Å²) in [5.74, 6) is 0. The van der Waals surface area contributed by atoms with Crippen LogP contribution in [0.3, 0.4) is 0 Å². The van der Waals surface area contributed by atoms with Gasteiger partial charge in [-0.15, -0.1) is 0 Å². The number of rotatable bonds is 5. The van der Waals surface area contributed by atoms with Gasteiger partial charge in [0.15, 0.2) is 0 Å². The lowest BCUT2D eigenvalue weighted by atomic mass is 9.95. The molecule has 16 heavy (non-hydrogen) atoms. The van der Waals surface area contributed by atoms with Gasteiger partial charge in [-0.2, -0.15) is 0 Å². The van der Waals surface area contributed by atoms with Gasteiger partial charge in [-0.05, 0) is 17.7 Å². The van der Waals surface area contributed by atoms with E-state index in [1.54, 1.807) is 6.07 Å². The summed E-state index contributed by atoms with van der Waals surface area (Å²) in [5, 5.41) is 13.5. The Morgan fingerprint density at radius 2 is 1.94 bits per heavy atom. The molecule has 90 valence electrons. The zero-order valence-corrected chi connectivity index (χ0v) is 11.1. The maximum atomic E-state index is 9.09. The number of aliphatic hydroxyl groups excluding tert-OH is 1. The van der Waals surface area contributed by atoms with E-state index in [2.05, 4.69) is 5.32 Å². The fourth-order valence-corrected chi connectivity index (χ4v) is 1.57. The molecule has 0 heterocycles. The van der Waals surface area contributed by atoms with Gasteiger partial charge in [0, 0.05) is 25.1 Å². The lowest BCUT2D eigenvalue weighted by Crippen LogP contribution is -2.31. The average molecular weight is 262 g/mol. The Morgan fingerprint density at radius 3 is 2.50 bits per heavy atom. The summed E-state index contributed by atoms with van der Waals surface area (Å²) in [5.41, 5.74) is 0.985. The van der Waals surface area contributed by atoms with Crippen LogP contribution < -0.4 is 5.32 Å². The molecule has 0 aromatic heterocycles. The van der Waals surface area contributed by atoms with E-state index in [1.807, 2.05) is 26.0 Å². The second-order valence-electron chi connectivity index (χ2n) is 4.67. The van der Waals surface area contributed by atoms with Gasteiger partial charge in [0.1, 0.15) is 0 Å². The van der Waals surface area contributed by atoms with Gasteiger partial charge in [-0.1, -0.05) is 43.1 Å². The average Bonchev–Trinajstić information content (AvgIpc) is 2.23. The molecule has 0 saturated carbocycles. The van der Waals surface area contributed by atoms with Gasteiger partial charge in [0.25, 0.3) is 0 Å². The molecule has 0 aliphatic carbocycles. The Morgan fingerprint density at radius 1 is 1.25 bits per heavy atom. The highest BCUT2D eigenvalue weighted by atomic mass is 35.5. The maximum absolute atomic E-state index is 9.09. The standard InChI is InChI=1S/C12H17Cl2NO/c1-12(2,8-16)7-15-6-9-3-4-10(13)11(14)5-9/h3-5,15-16H,6-8H2,1-2H3. The number of hydrogen-bond acceptors (Lipinski definition) is 2. The molecule has 0 bridgehead atoms. The molecule has 1 aromatic carbocycles. The van der Waals surface area contributed by atoms with E-state index in [4.69, 9.17) is 28.3 Å². The van der Waals surface area contributed by atoms with Crippen LogP contribution in [-0.2, 0) is 6.54 Å². The van der Waals surface area contributed by atoms with E-state index < -0.39 is 0 Å². The quantitative estimate of drug-likeness (QED) is 0.854. The van der Waals surface area contributed by atoms with Crippen LogP contribution in [0.2, 0.25) is 10.0 Å². The molecule has 0 aliphatic heterocycles. The van der Waals surface area contributed by atoms with E-state index in [1.165, 1.54) is 0 Å². The van der Waals surface area contributed by atoms with Crippen LogP contribution in [0.25, 0.3) is 0 Å². The zero-order valence-electron chi connectivity index (χ0n) is 9.56. The number of halogens is 2. The first kappa shape index (κ1) is 13.8. The molecule has 0 aliphatic rings. The highest BCUT2D eigenvalue weighted by Gasteiger charge is 2.15. The Labute approximate surface area is 107 Å². The Kier molecular flexibility index (Phi) is 5.06. The topological polar surface area (TPSA) is 32.3 Å². The maximum Gasteiger partial charge on any atom is 0.0595 e. The molecule has 4 heteroatoms.